The molecule has 22 heavy (non-hydrogen) atoms. The molecule has 0 saturated heterocycles. The first-order valence-corrected chi connectivity index (χ1v) is 7.63. The first kappa shape index (κ1) is 14.6. The van der Waals surface area contributed by atoms with Crippen molar-refractivity contribution in [3.05, 3.63) is 70.7 Å². The molecule has 0 saturated carbocycles. The summed E-state index contributed by atoms with van der Waals surface area (Å²) in [6.07, 6.45) is 3.57. The van der Waals surface area contributed by atoms with Gasteiger partial charge in [-0.15, -0.1) is 0 Å². The van der Waals surface area contributed by atoms with E-state index in [0.717, 1.165) is 27.0 Å². The van der Waals surface area contributed by atoms with Crippen molar-refractivity contribution >= 4 is 39.2 Å². The molecule has 4 heteroatoms. The molecule has 1 aliphatic heterocycles. The van der Waals surface area contributed by atoms with Crippen molar-refractivity contribution < 1.29 is 9.53 Å². The van der Waals surface area contributed by atoms with E-state index in [2.05, 4.69) is 27.8 Å². The fourth-order valence-electron chi connectivity index (χ4n) is 2.32. The highest BCUT2D eigenvalue weighted by atomic mass is 79.9. The number of amides is 1. The molecule has 0 atom stereocenters. The maximum Gasteiger partial charge on any atom is 0.256 e. The lowest BCUT2D eigenvalue weighted by atomic mass is 10.0. The molecule has 0 bridgehead atoms. The van der Waals surface area contributed by atoms with Crippen molar-refractivity contribution in [1.29, 1.82) is 0 Å². The molecule has 0 unspecified atom stereocenters. The molecule has 0 fully saturated rings. The van der Waals surface area contributed by atoms with Crippen LogP contribution in [0.5, 0.6) is 5.75 Å². The SMILES string of the molecule is C=CCOc1cccc(/C=C2/C(=O)Nc3ccc(Br)cc32)c1. The second kappa shape index (κ2) is 6.20. The standard InChI is InChI=1S/C18H14BrNO2/c1-2-8-22-14-5-3-4-12(9-14)10-16-15-11-13(19)6-7-17(15)20-18(16)21/h2-7,9-11H,1,8H2,(H,20,21)/b16-10+. The lowest BCUT2D eigenvalue weighted by Gasteiger charge is -2.04. The molecule has 2 aromatic rings. The Balaban J connectivity index is 1.97. The fraction of sp³-hybridized carbons (Fsp3) is 0.0556. The number of fused-ring (bicyclic) bond motifs is 1. The second-order valence-corrected chi connectivity index (χ2v) is 5.79. The predicted molar refractivity (Wildman–Crippen MR) is 92.8 cm³/mol. The summed E-state index contributed by atoms with van der Waals surface area (Å²) in [4.78, 5) is 12.2. The van der Waals surface area contributed by atoms with E-state index < -0.39 is 0 Å². The Kier molecular flexibility index (Phi) is 4.11. The molecular formula is C18H14BrNO2. The van der Waals surface area contributed by atoms with Gasteiger partial charge >= 0.3 is 0 Å². The van der Waals surface area contributed by atoms with Gasteiger partial charge in [-0.1, -0.05) is 40.7 Å². The van der Waals surface area contributed by atoms with E-state index in [4.69, 9.17) is 4.74 Å². The van der Waals surface area contributed by atoms with Crippen LogP contribution >= 0.6 is 15.9 Å². The average molecular weight is 356 g/mol. The van der Waals surface area contributed by atoms with Crippen LogP contribution in [0.2, 0.25) is 0 Å². The third-order valence-electron chi connectivity index (χ3n) is 3.30. The molecule has 0 radical (unpaired) electrons. The normalized spacial score (nSPS) is 14.6. The molecule has 0 spiro atoms. The largest absolute Gasteiger partial charge is 0.490 e. The Morgan fingerprint density at radius 1 is 1.23 bits per heavy atom. The first-order valence-electron chi connectivity index (χ1n) is 6.84. The number of carbonyl (C=O) groups is 1. The van der Waals surface area contributed by atoms with E-state index in [1.165, 1.54) is 0 Å². The Hall–Kier alpha value is -2.33. The third kappa shape index (κ3) is 2.97. The summed E-state index contributed by atoms with van der Waals surface area (Å²) >= 11 is 3.44. The van der Waals surface area contributed by atoms with Gasteiger partial charge in [0.05, 0.1) is 0 Å². The zero-order valence-corrected chi connectivity index (χ0v) is 13.4. The Labute approximate surface area is 137 Å². The molecule has 1 aliphatic rings. The first-order chi connectivity index (χ1) is 10.7. The lowest BCUT2D eigenvalue weighted by Crippen LogP contribution is -2.03. The van der Waals surface area contributed by atoms with Crippen LogP contribution in [-0.4, -0.2) is 12.5 Å². The maximum absolute atomic E-state index is 12.2. The minimum atomic E-state index is -0.0921. The summed E-state index contributed by atoms with van der Waals surface area (Å²) in [7, 11) is 0. The van der Waals surface area contributed by atoms with Crippen molar-refractivity contribution in [3.63, 3.8) is 0 Å². The summed E-state index contributed by atoms with van der Waals surface area (Å²) in [5.41, 5.74) is 3.30. The van der Waals surface area contributed by atoms with Crippen LogP contribution in [-0.2, 0) is 4.79 Å². The number of benzene rings is 2. The summed E-state index contributed by atoms with van der Waals surface area (Å²) < 4.78 is 6.46. The van der Waals surface area contributed by atoms with Gasteiger partial charge in [0, 0.05) is 21.3 Å². The number of hydrogen-bond donors (Lipinski definition) is 1. The average Bonchev–Trinajstić information content (AvgIpc) is 2.81. The van der Waals surface area contributed by atoms with Crippen molar-refractivity contribution in [2.75, 3.05) is 11.9 Å². The molecule has 3 rings (SSSR count). The van der Waals surface area contributed by atoms with E-state index >= 15 is 0 Å². The quantitative estimate of drug-likeness (QED) is 0.647. The minimum absolute atomic E-state index is 0.0921. The molecule has 0 aliphatic carbocycles. The van der Waals surface area contributed by atoms with Gasteiger partial charge in [0.15, 0.2) is 0 Å². The molecule has 110 valence electrons. The van der Waals surface area contributed by atoms with E-state index in [1.807, 2.05) is 48.5 Å². The Bertz CT molecular complexity index is 780. The van der Waals surface area contributed by atoms with Gasteiger partial charge in [-0.2, -0.15) is 0 Å². The van der Waals surface area contributed by atoms with Crippen LogP contribution < -0.4 is 10.1 Å². The van der Waals surface area contributed by atoms with Crippen LogP contribution in [0.1, 0.15) is 11.1 Å². The van der Waals surface area contributed by atoms with Crippen LogP contribution in [0.3, 0.4) is 0 Å². The van der Waals surface area contributed by atoms with Gasteiger partial charge in [0.1, 0.15) is 12.4 Å². The fourth-order valence-corrected chi connectivity index (χ4v) is 2.68. The highest BCUT2D eigenvalue weighted by molar-refractivity contribution is 9.10. The highest BCUT2D eigenvalue weighted by Gasteiger charge is 2.24. The highest BCUT2D eigenvalue weighted by Crippen LogP contribution is 2.35. The van der Waals surface area contributed by atoms with Crippen molar-refractivity contribution in [2.45, 2.75) is 0 Å². The van der Waals surface area contributed by atoms with Gasteiger partial charge in [0.2, 0.25) is 0 Å². The summed E-state index contributed by atoms with van der Waals surface area (Å²) in [6.45, 7) is 4.08. The smallest absolute Gasteiger partial charge is 0.256 e. The number of halogens is 1. The number of rotatable bonds is 4. The number of ether oxygens (including phenoxy) is 1. The Morgan fingerprint density at radius 2 is 2.09 bits per heavy atom. The zero-order chi connectivity index (χ0) is 15.5. The van der Waals surface area contributed by atoms with Crippen molar-refractivity contribution in [2.24, 2.45) is 0 Å². The van der Waals surface area contributed by atoms with Crippen LogP contribution in [0.4, 0.5) is 5.69 Å². The second-order valence-electron chi connectivity index (χ2n) is 4.87. The van der Waals surface area contributed by atoms with Crippen LogP contribution in [0, 0.1) is 0 Å². The topological polar surface area (TPSA) is 38.3 Å². The molecule has 1 amide bonds. The maximum atomic E-state index is 12.2. The summed E-state index contributed by atoms with van der Waals surface area (Å²) in [5, 5.41) is 2.87. The van der Waals surface area contributed by atoms with Crippen LogP contribution in [0.25, 0.3) is 11.6 Å². The van der Waals surface area contributed by atoms with E-state index in [9.17, 15) is 4.79 Å². The molecule has 2 aromatic carbocycles. The molecule has 1 heterocycles. The van der Waals surface area contributed by atoms with E-state index in [1.54, 1.807) is 6.08 Å². The predicted octanol–water partition coefficient (Wildman–Crippen LogP) is 4.51. The van der Waals surface area contributed by atoms with Gasteiger partial charge in [-0.3, -0.25) is 4.79 Å². The van der Waals surface area contributed by atoms with E-state index in [0.29, 0.717) is 12.2 Å². The number of hydrogen-bond acceptors (Lipinski definition) is 2. The van der Waals surface area contributed by atoms with Gasteiger partial charge < -0.3 is 10.1 Å². The zero-order valence-electron chi connectivity index (χ0n) is 11.8. The third-order valence-corrected chi connectivity index (χ3v) is 3.79. The summed E-state index contributed by atoms with van der Waals surface area (Å²) in [6, 6.07) is 13.4. The van der Waals surface area contributed by atoms with Crippen molar-refractivity contribution in [3.8, 4) is 5.75 Å². The Morgan fingerprint density at radius 3 is 2.91 bits per heavy atom. The lowest BCUT2D eigenvalue weighted by molar-refractivity contribution is -0.110. The molecule has 0 aromatic heterocycles. The number of nitrogens with one attached hydrogen (secondary N) is 1. The summed E-state index contributed by atoms with van der Waals surface area (Å²) in [5.74, 6) is 0.660. The molecule has 1 N–H and O–H groups in total. The van der Waals surface area contributed by atoms with Gasteiger partial charge in [0.25, 0.3) is 5.91 Å². The van der Waals surface area contributed by atoms with Gasteiger partial charge in [-0.05, 0) is 42.0 Å². The molecular weight excluding hydrogens is 342 g/mol. The van der Waals surface area contributed by atoms with Crippen molar-refractivity contribution in [1.82, 2.24) is 0 Å². The minimum Gasteiger partial charge on any atom is -0.490 e. The molecule has 3 nitrogen and oxygen atoms in total. The number of carbonyl (C=O) groups excluding carboxylic acids is 1. The van der Waals surface area contributed by atoms with Gasteiger partial charge in [-0.25, -0.2) is 0 Å². The monoisotopic (exact) mass is 355 g/mol. The van der Waals surface area contributed by atoms with E-state index in [-0.39, 0.29) is 5.91 Å². The number of anilines is 1. The van der Waals surface area contributed by atoms with Crippen LogP contribution in [0.15, 0.2) is 59.6 Å².